The number of carbonyl (C=O) groups is 2. The number of anilines is 1. The number of imidazole rings is 1. The molecule has 14 heteroatoms. The van der Waals surface area contributed by atoms with E-state index in [4.69, 9.17) is 18.5 Å². The van der Waals surface area contributed by atoms with Crippen molar-refractivity contribution in [2.75, 3.05) is 11.9 Å². The molecule has 2 N–H and O–H groups in total. The van der Waals surface area contributed by atoms with Gasteiger partial charge in [-0.05, 0) is 12.8 Å². The maximum absolute atomic E-state index is 12.3. The Morgan fingerprint density at radius 1 is 1.28 bits per heavy atom. The van der Waals surface area contributed by atoms with Crippen molar-refractivity contribution in [3.8, 4) is 0 Å². The number of amides is 1. The average molecular weight is 469 g/mol. The molecule has 0 bridgehead atoms. The highest BCUT2D eigenvalue weighted by Crippen LogP contribution is 2.53. The molecule has 32 heavy (non-hydrogen) atoms. The molecular weight excluding hydrogens is 445 g/mol. The molecule has 0 saturated carbocycles. The van der Waals surface area contributed by atoms with E-state index in [2.05, 4.69) is 20.3 Å². The van der Waals surface area contributed by atoms with Gasteiger partial charge >= 0.3 is 13.8 Å². The molecule has 4 heterocycles. The van der Waals surface area contributed by atoms with Crippen molar-refractivity contribution in [2.24, 2.45) is 0 Å². The molecule has 0 aliphatic carbocycles. The van der Waals surface area contributed by atoms with Gasteiger partial charge in [-0.1, -0.05) is 13.8 Å². The third-order valence-electron chi connectivity index (χ3n) is 5.03. The minimum absolute atomic E-state index is 0.161. The molecule has 174 valence electrons. The molecule has 1 unspecified atom stereocenters. The van der Waals surface area contributed by atoms with Crippen molar-refractivity contribution in [1.82, 2.24) is 19.5 Å². The van der Waals surface area contributed by atoms with Gasteiger partial charge in [0, 0.05) is 12.8 Å². The predicted octanol–water partition coefficient (Wildman–Crippen LogP) is 1.69. The predicted molar refractivity (Wildman–Crippen MR) is 108 cm³/mol. The maximum Gasteiger partial charge on any atom is 0.472 e. The summed E-state index contributed by atoms with van der Waals surface area (Å²) in [7, 11) is -4.30. The molecule has 2 fully saturated rings. The molecule has 2 aromatic heterocycles. The topological polar surface area (TPSA) is 164 Å². The van der Waals surface area contributed by atoms with Crippen LogP contribution in [0.1, 0.15) is 45.8 Å². The number of nitrogens with one attached hydrogen (secondary N) is 1. The Kier molecular flexibility index (Phi) is 6.54. The van der Waals surface area contributed by atoms with Gasteiger partial charge in [0.25, 0.3) is 0 Å². The van der Waals surface area contributed by atoms with Crippen molar-refractivity contribution in [3.63, 3.8) is 0 Å². The second kappa shape index (κ2) is 9.20. The molecule has 2 saturated heterocycles. The van der Waals surface area contributed by atoms with Gasteiger partial charge in [-0.15, -0.1) is 0 Å². The first-order chi connectivity index (χ1) is 15.3. The average Bonchev–Trinajstić information content (AvgIpc) is 3.30. The van der Waals surface area contributed by atoms with Gasteiger partial charge in [0.15, 0.2) is 29.3 Å². The van der Waals surface area contributed by atoms with Crippen LogP contribution in [-0.4, -0.2) is 61.2 Å². The Balaban J connectivity index is 1.68. The van der Waals surface area contributed by atoms with Crippen LogP contribution in [0.5, 0.6) is 0 Å². The molecule has 1 amide bonds. The van der Waals surface area contributed by atoms with Gasteiger partial charge in [0.1, 0.15) is 18.5 Å². The van der Waals surface area contributed by atoms with E-state index in [0.717, 1.165) is 0 Å². The number of esters is 1. The highest BCUT2D eigenvalue weighted by molar-refractivity contribution is 7.47. The number of ether oxygens (including phenoxy) is 2. The van der Waals surface area contributed by atoms with E-state index in [1.54, 1.807) is 0 Å². The molecule has 2 aliphatic rings. The highest BCUT2D eigenvalue weighted by Gasteiger charge is 2.55. The van der Waals surface area contributed by atoms with Crippen LogP contribution in [0.25, 0.3) is 11.2 Å². The first-order valence-corrected chi connectivity index (χ1v) is 11.8. The molecule has 0 aromatic carbocycles. The second-order valence-corrected chi connectivity index (χ2v) is 8.85. The van der Waals surface area contributed by atoms with Crippen LogP contribution in [0.3, 0.4) is 0 Å². The Bertz CT molecular complexity index is 1060. The van der Waals surface area contributed by atoms with Crippen LogP contribution in [0.4, 0.5) is 5.82 Å². The number of hydrogen-bond acceptors (Lipinski definition) is 10. The number of phosphoric acid groups is 1. The number of carbonyl (C=O) groups excluding carboxylic acids is 2. The van der Waals surface area contributed by atoms with Gasteiger partial charge in [-0.3, -0.25) is 23.2 Å². The lowest BCUT2D eigenvalue weighted by molar-refractivity contribution is -0.158. The van der Waals surface area contributed by atoms with Crippen LogP contribution < -0.4 is 5.32 Å². The lowest BCUT2D eigenvalue weighted by Gasteiger charge is -2.29. The lowest BCUT2D eigenvalue weighted by atomic mass is 10.1. The van der Waals surface area contributed by atoms with E-state index in [1.807, 2.05) is 13.8 Å². The van der Waals surface area contributed by atoms with Crippen LogP contribution in [0.15, 0.2) is 12.7 Å². The smallest absolute Gasteiger partial charge is 0.455 e. The number of hydrogen-bond donors (Lipinski definition) is 2. The molecule has 2 aromatic rings. The molecular formula is C18H24N5O8P. The van der Waals surface area contributed by atoms with Crippen LogP contribution >= 0.6 is 7.82 Å². The summed E-state index contributed by atoms with van der Waals surface area (Å²) in [6, 6.07) is 0. The quantitative estimate of drug-likeness (QED) is 0.448. The lowest BCUT2D eigenvalue weighted by Crippen LogP contribution is -2.41. The van der Waals surface area contributed by atoms with Crippen LogP contribution in [-0.2, 0) is 32.7 Å². The first-order valence-electron chi connectivity index (χ1n) is 10.3. The van der Waals surface area contributed by atoms with Gasteiger partial charge in [-0.2, -0.15) is 0 Å². The standard InChI is InChI=1S/C18H24N5O8P/c1-3-5-11(24)22-16-13-17(20-8-19-16)23(9-21-13)18-15(30-12(25)6-4-2)14-10(29-18)7-28-32(26,27)31-14/h8-10,14-15,18H,3-7H2,1-2H3,(H,26,27)(H,19,20,22,24)/t10-,14+,15+,18+/m0/s1. The fraction of sp³-hybridized carbons (Fsp3) is 0.611. The summed E-state index contributed by atoms with van der Waals surface area (Å²) >= 11 is 0. The molecule has 13 nitrogen and oxygen atoms in total. The van der Waals surface area contributed by atoms with Gasteiger partial charge in [-0.25, -0.2) is 19.5 Å². The summed E-state index contributed by atoms with van der Waals surface area (Å²) in [6.07, 6.45) is 0.639. The molecule has 2 aliphatic heterocycles. The van der Waals surface area contributed by atoms with Crippen molar-refractivity contribution >= 4 is 36.7 Å². The zero-order chi connectivity index (χ0) is 22.9. The Labute approximate surface area is 183 Å². The normalized spacial score (nSPS) is 29.6. The zero-order valence-corrected chi connectivity index (χ0v) is 18.4. The minimum atomic E-state index is -4.30. The van der Waals surface area contributed by atoms with E-state index < -0.39 is 38.3 Å². The van der Waals surface area contributed by atoms with Gasteiger partial charge in [0.05, 0.1) is 12.9 Å². The van der Waals surface area contributed by atoms with E-state index >= 15 is 0 Å². The summed E-state index contributed by atoms with van der Waals surface area (Å²) in [5, 5.41) is 2.70. The number of aromatic nitrogens is 4. The van der Waals surface area contributed by atoms with Crippen molar-refractivity contribution in [1.29, 1.82) is 0 Å². The van der Waals surface area contributed by atoms with E-state index in [-0.39, 0.29) is 24.8 Å². The largest absolute Gasteiger partial charge is 0.472 e. The number of nitrogens with zero attached hydrogens (tertiary/aromatic N) is 4. The third-order valence-corrected chi connectivity index (χ3v) is 6.02. The fourth-order valence-electron chi connectivity index (χ4n) is 3.64. The summed E-state index contributed by atoms with van der Waals surface area (Å²) in [5.74, 6) is -0.469. The van der Waals surface area contributed by atoms with E-state index in [9.17, 15) is 19.0 Å². The number of phosphoric ester groups is 1. The van der Waals surface area contributed by atoms with Crippen molar-refractivity contribution < 1.29 is 37.6 Å². The summed E-state index contributed by atoms with van der Waals surface area (Å²) in [5.41, 5.74) is 0.638. The summed E-state index contributed by atoms with van der Waals surface area (Å²) in [4.78, 5) is 46.7. The Morgan fingerprint density at radius 3 is 2.81 bits per heavy atom. The highest BCUT2D eigenvalue weighted by atomic mass is 31.2. The van der Waals surface area contributed by atoms with Gasteiger partial charge < -0.3 is 19.7 Å². The molecule has 0 spiro atoms. The Hall–Kier alpha value is -2.44. The molecule has 4 rings (SSSR count). The maximum atomic E-state index is 12.3. The van der Waals surface area contributed by atoms with Crippen molar-refractivity contribution in [3.05, 3.63) is 12.7 Å². The Morgan fingerprint density at radius 2 is 2.06 bits per heavy atom. The number of fused-ring (bicyclic) bond motifs is 2. The monoisotopic (exact) mass is 469 g/mol. The second-order valence-electron chi connectivity index (χ2n) is 7.45. The van der Waals surface area contributed by atoms with Gasteiger partial charge in [0.2, 0.25) is 5.91 Å². The number of rotatable bonds is 7. The molecule has 5 atom stereocenters. The van der Waals surface area contributed by atoms with E-state index in [0.29, 0.717) is 30.4 Å². The summed E-state index contributed by atoms with van der Waals surface area (Å²) < 4.78 is 35.1. The van der Waals surface area contributed by atoms with Crippen molar-refractivity contribution in [2.45, 2.75) is 64.1 Å². The van der Waals surface area contributed by atoms with Crippen LogP contribution in [0.2, 0.25) is 0 Å². The first kappa shape index (κ1) is 22.7. The van der Waals surface area contributed by atoms with E-state index in [1.165, 1.54) is 17.2 Å². The third kappa shape index (κ3) is 4.52. The van der Waals surface area contributed by atoms with Crippen LogP contribution in [0, 0.1) is 0 Å². The zero-order valence-electron chi connectivity index (χ0n) is 17.5. The SMILES string of the molecule is CCCC(=O)Nc1ncnc2c1ncn2[C@@H]1O[C@H]2COP(=O)(O)O[C@H]2[C@H]1OC(=O)CCC. The molecule has 0 radical (unpaired) electrons. The summed E-state index contributed by atoms with van der Waals surface area (Å²) in [6.45, 7) is 3.50. The minimum Gasteiger partial charge on any atom is -0.455 e. The fourth-order valence-corrected chi connectivity index (χ4v) is 4.60.